The molecule has 1 saturated heterocycles. The average Bonchev–Trinajstić information content (AvgIpc) is 3.59. The molecule has 1 aromatic carbocycles. The molecule has 1 fully saturated rings. The van der Waals surface area contributed by atoms with E-state index in [0.717, 1.165) is 49.2 Å². The number of hydrogen-bond donors (Lipinski definition) is 3. The summed E-state index contributed by atoms with van der Waals surface area (Å²) in [7, 11) is 3.33. The Balaban J connectivity index is 1.38. The van der Waals surface area contributed by atoms with Gasteiger partial charge in [0.15, 0.2) is 11.7 Å². The first-order valence-electron chi connectivity index (χ1n) is 10.7. The molecule has 1 atom stereocenters. The first-order chi connectivity index (χ1) is 15.7. The van der Waals surface area contributed by atoms with Crippen LogP contribution in [0.15, 0.2) is 46.0 Å². The van der Waals surface area contributed by atoms with E-state index in [1.165, 1.54) is 0 Å². The van der Waals surface area contributed by atoms with E-state index in [1.807, 2.05) is 37.3 Å². The topological polar surface area (TPSA) is 113 Å². The summed E-state index contributed by atoms with van der Waals surface area (Å²) in [6, 6.07) is 9.84. The third-order valence-electron chi connectivity index (χ3n) is 5.23. The molecule has 4 rings (SSSR count). The Hall–Kier alpha value is -3.69. The van der Waals surface area contributed by atoms with Crippen molar-refractivity contribution in [3.05, 3.63) is 42.4 Å². The van der Waals surface area contributed by atoms with Gasteiger partial charge in [-0.05, 0) is 25.5 Å². The van der Waals surface area contributed by atoms with Crippen LogP contribution < -0.4 is 25.0 Å². The number of methoxy groups -OCH3 is 2. The second-order valence-electron chi connectivity index (χ2n) is 7.42. The maximum atomic E-state index is 5.41. The Kier molecular flexibility index (Phi) is 6.78. The Bertz CT molecular complexity index is 1010. The van der Waals surface area contributed by atoms with Gasteiger partial charge in [0.05, 0.1) is 20.5 Å². The van der Waals surface area contributed by atoms with E-state index in [4.69, 9.17) is 13.9 Å². The van der Waals surface area contributed by atoms with Gasteiger partial charge in [0, 0.05) is 49.6 Å². The number of rotatable bonds is 8. The standard InChI is InChI=1S/C22H29N7O3/c1-4-23-22(24-13-20-26-21(28-27-20)19-6-5-9-32-19)25-15-7-8-29(14-15)16-10-17(30-2)12-18(11-16)31-3/h5-6,9-12,15H,4,7-8,13-14H2,1-3H3,(H2,23,24,25)(H,26,27,28). The van der Waals surface area contributed by atoms with Gasteiger partial charge in [-0.1, -0.05) is 0 Å². The maximum absolute atomic E-state index is 5.41. The van der Waals surface area contributed by atoms with Gasteiger partial charge in [0.1, 0.15) is 23.9 Å². The van der Waals surface area contributed by atoms with E-state index in [2.05, 4.69) is 35.7 Å². The molecule has 0 radical (unpaired) electrons. The van der Waals surface area contributed by atoms with Crippen molar-refractivity contribution in [2.75, 3.05) is 38.8 Å². The summed E-state index contributed by atoms with van der Waals surface area (Å²) < 4.78 is 16.2. The summed E-state index contributed by atoms with van der Waals surface area (Å²) in [5.41, 5.74) is 1.08. The van der Waals surface area contributed by atoms with Gasteiger partial charge in [-0.25, -0.2) is 9.98 Å². The number of nitrogens with zero attached hydrogens (tertiary/aromatic N) is 4. The van der Waals surface area contributed by atoms with Gasteiger partial charge in [0.25, 0.3) is 0 Å². The normalized spacial score (nSPS) is 16.3. The van der Waals surface area contributed by atoms with Gasteiger partial charge in [-0.15, -0.1) is 5.10 Å². The maximum Gasteiger partial charge on any atom is 0.216 e. The number of aliphatic imine (C=N–C) groups is 1. The predicted octanol–water partition coefficient (Wildman–Crippen LogP) is 2.42. The van der Waals surface area contributed by atoms with Crippen molar-refractivity contribution in [2.45, 2.75) is 25.9 Å². The van der Waals surface area contributed by atoms with Crippen LogP contribution in [0.1, 0.15) is 19.2 Å². The van der Waals surface area contributed by atoms with Crippen molar-refractivity contribution in [1.29, 1.82) is 0 Å². The van der Waals surface area contributed by atoms with Crippen LogP contribution >= 0.6 is 0 Å². The van der Waals surface area contributed by atoms with E-state index in [1.54, 1.807) is 20.5 Å². The molecule has 170 valence electrons. The van der Waals surface area contributed by atoms with Crippen LogP contribution in [0.3, 0.4) is 0 Å². The first kappa shape index (κ1) is 21.5. The molecule has 2 aromatic heterocycles. The molecule has 0 bridgehead atoms. The highest BCUT2D eigenvalue weighted by molar-refractivity contribution is 5.80. The minimum Gasteiger partial charge on any atom is -0.497 e. The third-order valence-corrected chi connectivity index (χ3v) is 5.23. The minimum absolute atomic E-state index is 0.262. The van der Waals surface area contributed by atoms with Gasteiger partial charge < -0.3 is 29.4 Å². The van der Waals surface area contributed by atoms with Crippen molar-refractivity contribution in [2.24, 2.45) is 4.99 Å². The molecular formula is C22H29N7O3. The van der Waals surface area contributed by atoms with Crippen LogP contribution in [0.5, 0.6) is 11.5 Å². The van der Waals surface area contributed by atoms with E-state index in [-0.39, 0.29) is 6.04 Å². The molecule has 0 spiro atoms. The number of furan rings is 1. The van der Waals surface area contributed by atoms with Crippen LogP contribution in [-0.4, -0.2) is 61.0 Å². The number of hydrogen-bond acceptors (Lipinski definition) is 7. The van der Waals surface area contributed by atoms with Gasteiger partial charge in [0.2, 0.25) is 5.82 Å². The molecular weight excluding hydrogens is 410 g/mol. The van der Waals surface area contributed by atoms with Gasteiger partial charge >= 0.3 is 0 Å². The van der Waals surface area contributed by atoms with Crippen LogP contribution in [0.4, 0.5) is 5.69 Å². The number of aromatic nitrogens is 3. The summed E-state index contributed by atoms with van der Waals surface area (Å²) in [5, 5.41) is 13.9. The van der Waals surface area contributed by atoms with Crippen molar-refractivity contribution >= 4 is 11.6 Å². The Morgan fingerprint density at radius 3 is 2.78 bits per heavy atom. The molecule has 3 N–H and O–H groups in total. The van der Waals surface area contributed by atoms with E-state index < -0.39 is 0 Å². The smallest absolute Gasteiger partial charge is 0.216 e. The number of ether oxygens (including phenoxy) is 2. The third kappa shape index (κ3) is 5.13. The van der Waals surface area contributed by atoms with Crippen LogP contribution in [-0.2, 0) is 6.54 Å². The first-order valence-corrected chi connectivity index (χ1v) is 10.7. The minimum atomic E-state index is 0.262. The highest BCUT2D eigenvalue weighted by atomic mass is 16.5. The van der Waals surface area contributed by atoms with Gasteiger partial charge in [-0.3, -0.25) is 5.10 Å². The molecule has 1 unspecified atom stereocenters. The average molecular weight is 440 g/mol. The van der Waals surface area contributed by atoms with Crippen LogP contribution in [0.25, 0.3) is 11.6 Å². The molecule has 0 saturated carbocycles. The summed E-state index contributed by atoms with van der Waals surface area (Å²) in [6.45, 7) is 4.98. The van der Waals surface area contributed by atoms with Crippen molar-refractivity contribution < 1.29 is 13.9 Å². The zero-order chi connectivity index (χ0) is 22.3. The Labute approximate surface area is 187 Å². The van der Waals surface area contributed by atoms with Crippen molar-refractivity contribution in [3.63, 3.8) is 0 Å². The molecule has 1 aliphatic heterocycles. The number of benzene rings is 1. The highest BCUT2D eigenvalue weighted by Gasteiger charge is 2.24. The number of anilines is 1. The van der Waals surface area contributed by atoms with Crippen LogP contribution in [0.2, 0.25) is 0 Å². The van der Waals surface area contributed by atoms with E-state index in [9.17, 15) is 0 Å². The summed E-state index contributed by atoms with van der Waals surface area (Å²) in [6.07, 6.45) is 2.60. The number of nitrogens with one attached hydrogen (secondary N) is 3. The molecule has 3 aromatic rings. The lowest BCUT2D eigenvalue weighted by Crippen LogP contribution is -2.44. The predicted molar refractivity (Wildman–Crippen MR) is 122 cm³/mol. The molecule has 1 aliphatic rings. The Morgan fingerprint density at radius 1 is 1.28 bits per heavy atom. The van der Waals surface area contributed by atoms with Gasteiger partial charge in [-0.2, -0.15) is 0 Å². The summed E-state index contributed by atoms with van der Waals surface area (Å²) >= 11 is 0. The SMILES string of the molecule is CCNC(=NCc1nc(-c2ccco2)n[nH]1)NC1CCN(c2cc(OC)cc(OC)c2)C1. The summed E-state index contributed by atoms with van der Waals surface area (Å²) in [4.78, 5) is 11.4. The second-order valence-corrected chi connectivity index (χ2v) is 7.42. The zero-order valence-corrected chi connectivity index (χ0v) is 18.6. The van der Waals surface area contributed by atoms with E-state index in [0.29, 0.717) is 24.0 Å². The zero-order valence-electron chi connectivity index (χ0n) is 18.6. The molecule has 32 heavy (non-hydrogen) atoms. The molecule has 0 aliphatic carbocycles. The van der Waals surface area contributed by atoms with Crippen molar-refractivity contribution in [1.82, 2.24) is 25.8 Å². The second kappa shape index (κ2) is 10.1. The molecule has 10 heteroatoms. The molecule has 3 heterocycles. The lowest BCUT2D eigenvalue weighted by atomic mass is 10.2. The monoisotopic (exact) mass is 439 g/mol. The Morgan fingerprint density at radius 2 is 2.09 bits per heavy atom. The van der Waals surface area contributed by atoms with E-state index >= 15 is 0 Å². The lowest BCUT2D eigenvalue weighted by Gasteiger charge is -2.21. The molecule has 10 nitrogen and oxygen atoms in total. The lowest BCUT2D eigenvalue weighted by molar-refractivity contribution is 0.394. The largest absolute Gasteiger partial charge is 0.497 e. The van der Waals surface area contributed by atoms with Crippen LogP contribution in [0, 0.1) is 0 Å². The highest BCUT2D eigenvalue weighted by Crippen LogP contribution is 2.30. The number of H-pyrrole nitrogens is 1. The quantitative estimate of drug-likeness (QED) is 0.362. The molecule has 0 amide bonds. The van der Waals surface area contributed by atoms with Crippen molar-refractivity contribution in [3.8, 4) is 23.1 Å². The summed E-state index contributed by atoms with van der Waals surface area (Å²) in [5.74, 6) is 4.14. The number of aromatic amines is 1. The fourth-order valence-electron chi connectivity index (χ4n) is 3.64. The fourth-order valence-corrected chi connectivity index (χ4v) is 3.64. The number of guanidine groups is 1. The fraction of sp³-hybridized carbons (Fsp3) is 0.409.